The fraction of sp³-hybridized carbons (Fsp3) is 0.429. The van der Waals surface area contributed by atoms with Gasteiger partial charge in [0, 0.05) is 18.8 Å². The molecule has 0 spiro atoms. The lowest BCUT2D eigenvalue weighted by atomic mass is 10.0. The van der Waals surface area contributed by atoms with Crippen LogP contribution in [-0.2, 0) is 13.0 Å². The number of benzene rings is 1. The lowest BCUT2D eigenvalue weighted by molar-refractivity contribution is 0.299. The number of thiol groups is 1. The number of hydrogen-bond acceptors (Lipinski definition) is 2. The van der Waals surface area contributed by atoms with Crippen LogP contribution in [0.3, 0.4) is 0 Å². The smallest absolute Gasteiger partial charge is 0.0239 e. The van der Waals surface area contributed by atoms with Gasteiger partial charge in [-0.3, -0.25) is 4.90 Å². The minimum Gasteiger partial charge on any atom is -0.295 e. The van der Waals surface area contributed by atoms with Crippen LogP contribution in [0.25, 0.3) is 0 Å². The summed E-state index contributed by atoms with van der Waals surface area (Å²) in [7, 11) is 0. The molecule has 0 atom stereocenters. The Bertz CT molecular complexity index is 360. The highest BCUT2D eigenvalue weighted by atomic mass is 32.1. The molecule has 0 bridgehead atoms. The van der Waals surface area contributed by atoms with Crippen LogP contribution in [0.1, 0.15) is 17.5 Å². The van der Waals surface area contributed by atoms with Crippen LogP contribution < -0.4 is 0 Å². The van der Waals surface area contributed by atoms with Crippen molar-refractivity contribution in [3.8, 4) is 0 Å². The Labute approximate surface area is 104 Å². The first-order chi connectivity index (χ1) is 7.90. The number of aryl methyl sites for hydroxylation is 1. The average Bonchev–Trinajstić information content (AvgIpc) is 2.51. The Morgan fingerprint density at radius 3 is 2.81 bits per heavy atom. The zero-order valence-electron chi connectivity index (χ0n) is 9.60. The summed E-state index contributed by atoms with van der Waals surface area (Å²) in [4.78, 5) is 2.51. The molecule has 0 saturated heterocycles. The predicted molar refractivity (Wildman–Crippen MR) is 73.0 cm³/mol. The molecule has 0 saturated carbocycles. The highest BCUT2D eigenvalue weighted by Crippen LogP contribution is 2.17. The molecule has 0 radical (unpaired) electrons. The van der Waals surface area contributed by atoms with E-state index in [1.165, 1.54) is 30.5 Å². The first kappa shape index (κ1) is 11.7. The van der Waals surface area contributed by atoms with Crippen molar-refractivity contribution >= 4 is 12.6 Å². The van der Waals surface area contributed by atoms with Crippen molar-refractivity contribution in [1.29, 1.82) is 0 Å². The summed E-state index contributed by atoms with van der Waals surface area (Å²) in [5.74, 6) is 0.838. The highest BCUT2D eigenvalue weighted by Gasteiger charge is 2.12. The molecule has 1 aromatic rings. The molecule has 2 rings (SSSR count). The normalized spacial score (nSPS) is 17.3. The Morgan fingerprint density at radius 2 is 2.00 bits per heavy atom. The van der Waals surface area contributed by atoms with Gasteiger partial charge < -0.3 is 0 Å². The maximum absolute atomic E-state index is 4.18. The second-order valence-electron chi connectivity index (χ2n) is 4.26. The molecule has 1 aromatic carbocycles. The van der Waals surface area contributed by atoms with Crippen LogP contribution in [0.15, 0.2) is 36.4 Å². The van der Waals surface area contributed by atoms with E-state index in [0.717, 1.165) is 18.8 Å². The van der Waals surface area contributed by atoms with Gasteiger partial charge in [-0.15, -0.1) is 0 Å². The first-order valence-electron chi connectivity index (χ1n) is 5.95. The number of nitrogens with zero attached hydrogens (tertiary/aromatic N) is 1. The molecule has 1 aliphatic heterocycles. The number of hydrogen-bond donors (Lipinski definition) is 1. The van der Waals surface area contributed by atoms with E-state index in [2.05, 4.69) is 53.9 Å². The SMILES string of the molecule is SCC=CCN1CCCc2ccccc2C1. The van der Waals surface area contributed by atoms with E-state index in [0.29, 0.717) is 0 Å². The largest absolute Gasteiger partial charge is 0.295 e. The van der Waals surface area contributed by atoms with Gasteiger partial charge in [0.1, 0.15) is 0 Å². The molecule has 0 amide bonds. The lowest BCUT2D eigenvalue weighted by Crippen LogP contribution is -2.23. The standard InChI is InChI=1S/C14H19NS/c16-11-4-3-9-15-10-5-8-13-6-1-2-7-14(13)12-15/h1-4,6-7,16H,5,8-12H2. The number of fused-ring (bicyclic) bond motifs is 1. The molecule has 0 unspecified atom stereocenters. The van der Waals surface area contributed by atoms with Gasteiger partial charge in [-0.1, -0.05) is 36.4 Å². The third kappa shape index (κ3) is 3.13. The summed E-state index contributed by atoms with van der Waals surface area (Å²) in [5.41, 5.74) is 3.03. The average molecular weight is 233 g/mol. The topological polar surface area (TPSA) is 3.24 Å². The fourth-order valence-electron chi connectivity index (χ4n) is 2.22. The lowest BCUT2D eigenvalue weighted by Gasteiger charge is -2.18. The summed E-state index contributed by atoms with van der Waals surface area (Å²) < 4.78 is 0. The molecular weight excluding hydrogens is 214 g/mol. The van der Waals surface area contributed by atoms with Crippen LogP contribution in [0.5, 0.6) is 0 Å². The van der Waals surface area contributed by atoms with E-state index >= 15 is 0 Å². The van der Waals surface area contributed by atoms with Gasteiger partial charge >= 0.3 is 0 Å². The van der Waals surface area contributed by atoms with E-state index in [1.807, 2.05) is 0 Å². The molecule has 2 heteroatoms. The van der Waals surface area contributed by atoms with E-state index in [9.17, 15) is 0 Å². The van der Waals surface area contributed by atoms with E-state index in [1.54, 1.807) is 0 Å². The van der Waals surface area contributed by atoms with Gasteiger partial charge in [-0.25, -0.2) is 0 Å². The van der Waals surface area contributed by atoms with Gasteiger partial charge in [0.25, 0.3) is 0 Å². The molecule has 1 aliphatic rings. The Balaban J connectivity index is 2.02. The van der Waals surface area contributed by atoms with Crippen LogP contribution in [0.2, 0.25) is 0 Å². The Morgan fingerprint density at radius 1 is 1.19 bits per heavy atom. The van der Waals surface area contributed by atoms with Gasteiger partial charge in [0.05, 0.1) is 0 Å². The van der Waals surface area contributed by atoms with Crippen molar-refractivity contribution in [2.75, 3.05) is 18.8 Å². The van der Waals surface area contributed by atoms with Crippen molar-refractivity contribution in [1.82, 2.24) is 4.90 Å². The third-order valence-corrected chi connectivity index (χ3v) is 3.28. The first-order valence-corrected chi connectivity index (χ1v) is 6.58. The minimum atomic E-state index is 0.838. The maximum atomic E-state index is 4.18. The van der Waals surface area contributed by atoms with E-state index in [-0.39, 0.29) is 0 Å². The maximum Gasteiger partial charge on any atom is 0.0239 e. The third-order valence-electron chi connectivity index (χ3n) is 3.07. The second kappa shape index (κ2) is 6.12. The fourth-order valence-corrected chi connectivity index (χ4v) is 2.37. The van der Waals surface area contributed by atoms with Crippen molar-refractivity contribution in [2.45, 2.75) is 19.4 Å². The van der Waals surface area contributed by atoms with Crippen molar-refractivity contribution in [3.05, 3.63) is 47.5 Å². The van der Waals surface area contributed by atoms with Crippen LogP contribution in [0, 0.1) is 0 Å². The van der Waals surface area contributed by atoms with Crippen LogP contribution >= 0.6 is 12.6 Å². The van der Waals surface area contributed by atoms with Crippen molar-refractivity contribution in [2.24, 2.45) is 0 Å². The number of rotatable bonds is 3. The summed E-state index contributed by atoms with van der Waals surface area (Å²) in [5, 5.41) is 0. The summed E-state index contributed by atoms with van der Waals surface area (Å²) in [6.45, 7) is 3.34. The molecule has 0 fully saturated rings. The molecule has 0 aliphatic carbocycles. The molecule has 1 nitrogen and oxygen atoms in total. The molecule has 86 valence electrons. The quantitative estimate of drug-likeness (QED) is 0.620. The van der Waals surface area contributed by atoms with E-state index in [4.69, 9.17) is 0 Å². The zero-order chi connectivity index (χ0) is 11.2. The van der Waals surface area contributed by atoms with Crippen LogP contribution in [-0.4, -0.2) is 23.7 Å². The van der Waals surface area contributed by atoms with Gasteiger partial charge in [0.2, 0.25) is 0 Å². The summed E-state index contributed by atoms with van der Waals surface area (Å²) >= 11 is 4.18. The minimum absolute atomic E-state index is 0.838. The Hall–Kier alpha value is -0.730. The molecular formula is C14H19NS. The molecule has 0 N–H and O–H groups in total. The van der Waals surface area contributed by atoms with Gasteiger partial charge in [0.15, 0.2) is 0 Å². The second-order valence-corrected chi connectivity index (χ2v) is 4.63. The molecule has 16 heavy (non-hydrogen) atoms. The zero-order valence-corrected chi connectivity index (χ0v) is 10.5. The van der Waals surface area contributed by atoms with Crippen molar-refractivity contribution < 1.29 is 0 Å². The van der Waals surface area contributed by atoms with Gasteiger partial charge in [-0.05, 0) is 30.5 Å². The monoisotopic (exact) mass is 233 g/mol. The van der Waals surface area contributed by atoms with Crippen LogP contribution in [0.4, 0.5) is 0 Å². The predicted octanol–water partition coefficient (Wildman–Crippen LogP) is 2.92. The summed E-state index contributed by atoms with van der Waals surface area (Å²) in [6.07, 6.45) is 6.84. The highest BCUT2D eigenvalue weighted by molar-refractivity contribution is 7.80. The van der Waals surface area contributed by atoms with E-state index < -0.39 is 0 Å². The Kier molecular flexibility index (Phi) is 4.49. The summed E-state index contributed by atoms with van der Waals surface area (Å²) in [6, 6.07) is 8.82. The molecule has 1 heterocycles. The van der Waals surface area contributed by atoms with Crippen molar-refractivity contribution in [3.63, 3.8) is 0 Å². The molecule has 0 aromatic heterocycles. The van der Waals surface area contributed by atoms with Gasteiger partial charge in [-0.2, -0.15) is 12.6 Å².